The molecule has 104 valence electrons. The van der Waals surface area contributed by atoms with E-state index >= 15 is 0 Å². The summed E-state index contributed by atoms with van der Waals surface area (Å²) in [6, 6.07) is 18.1. The van der Waals surface area contributed by atoms with Gasteiger partial charge in [-0.15, -0.1) is 0 Å². The van der Waals surface area contributed by atoms with Gasteiger partial charge in [0, 0.05) is 6.42 Å². The summed E-state index contributed by atoms with van der Waals surface area (Å²) in [6.45, 7) is 0. The van der Waals surface area contributed by atoms with Gasteiger partial charge in [0.1, 0.15) is 5.75 Å². The van der Waals surface area contributed by atoms with Crippen LogP contribution in [-0.2, 0) is 6.42 Å². The number of aromatic carboxylic acids is 1. The van der Waals surface area contributed by atoms with Crippen LogP contribution < -0.4 is 0 Å². The predicted octanol–water partition coefficient (Wildman–Crippen LogP) is 3.83. The maximum atomic E-state index is 11.6. The van der Waals surface area contributed by atoms with Gasteiger partial charge in [-0.2, -0.15) is 0 Å². The third-order valence-electron chi connectivity index (χ3n) is 3.60. The predicted molar refractivity (Wildman–Crippen MR) is 81.8 cm³/mol. The van der Waals surface area contributed by atoms with E-state index in [4.69, 9.17) is 0 Å². The Balaban J connectivity index is 2.17. The number of benzene rings is 3. The molecule has 0 fully saturated rings. The van der Waals surface area contributed by atoms with Gasteiger partial charge in [0.2, 0.25) is 0 Å². The van der Waals surface area contributed by atoms with Crippen molar-refractivity contribution in [2.75, 3.05) is 0 Å². The molecule has 0 heterocycles. The molecule has 0 aliphatic carbocycles. The number of phenols is 1. The van der Waals surface area contributed by atoms with E-state index in [2.05, 4.69) is 0 Å². The largest absolute Gasteiger partial charge is 0.508 e. The van der Waals surface area contributed by atoms with Crippen molar-refractivity contribution in [1.82, 2.24) is 0 Å². The lowest BCUT2D eigenvalue weighted by Crippen LogP contribution is -2.04. The number of rotatable bonds is 3. The Hall–Kier alpha value is -2.81. The van der Waals surface area contributed by atoms with Crippen molar-refractivity contribution in [2.45, 2.75) is 6.42 Å². The summed E-state index contributed by atoms with van der Waals surface area (Å²) in [4.78, 5) is 11.6. The Bertz CT molecular complexity index is 822. The van der Waals surface area contributed by atoms with Crippen LogP contribution in [0.2, 0.25) is 0 Å². The van der Waals surface area contributed by atoms with E-state index in [-0.39, 0.29) is 5.75 Å². The van der Waals surface area contributed by atoms with Crippen molar-refractivity contribution in [2.24, 2.45) is 0 Å². The summed E-state index contributed by atoms with van der Waals surface area (Å²) < 4.78 is 0. The van der Waals surface area contributed by atoms with Gasteiger partial charge in [-0.05, 0) is 28.0 Å². The van der Waals surface area contributed by atoms with E-state index in [1.807, 2.05) is 42.5 Å². The van der Waals surface area contributed by atoms with Crippen LogP contribution in [0.5, 0.6) is 5.75 Å². The van der Waals surface area contributed by atoms with Crippen molar-refractivity contribution < 1.29 is 15.0 Å². The van der Waals surface area contributed by atoms with Gasteiger partial charge in [0.15, 0.2) is 0 Å². The third kappa shape index (κ3) is 2.46. The fraction of sp³-hybridized carbons (Fsp3) is 0.0556. The van der Waals surface area contributed by atoms with Crippen molar-refractivity contribution in [3.05, 3.63) is 77.4 Å². The highest BCUT2D eigenvalue weighted by Gasteiger charge is 2.15. The quantitative estimate of drug-likeness (QED) is 0.765. The lowest BCUT2D eigenvalue weighted by Gasteiger charge is -2.11. The van der Waals surface area contributed by atoms with Crippen LogP contribution in [0.15, 0.2) is 60.7 Å². The molecule has 0 aliphatic heterocycles. The van der Waals surface area contributed by atoms with Crippen LogP contribution in [-0.4, -0.2) is 16.2 Å². The minimum atomic E-state index is -0.947. The second-order valence-corrected chi connectivity index (χ2v) is 4.93. The highest BCUT2D eigenvalue weighted by molar-refractivity contribution is 6.05. The SMILES string of the molecule is O=C(O)c1c(Cc2ccccc2O)ccc2ccccc12. The monoisotopic (exact) mass is 278 g/mol. The van der Waals surface area contributed by atoms with Crippen molar-refractivity contribution in [3.63, 3.8) is 0 Å². The first-order chi connectivity index (χ1) is 10.2. The summed E-state index contributed by atoms with van der Waals surface area (Å²) in [5, 5.41) is 21.0. The van der Waals surface area contributed by atoms with Crippen LogP contribution in [0, 0.1) is 0 Å². The van der Waals surface area contributed by atoms with Gasteiger partial charge in [-0.3, -0.25) is 0 Å². The fourth-order valence-corrected chi connectivity index (χ4v) is 2.58. The first kappa shape index (κ1) is 13.2. The molecule has 2 N–H and O–H groups in total. The van der Waals surface area contributed by atoms with Crippen LogP contribution in [0.1, 0.15) is 21.5 Å². The molecule has 0 aromatic heterocycles. The zero-order valence-electron chi connectivity index (χ0n) is 11.3. The van der Waals surface area contributed by atoms with E-state index in [0.29, 0.717) is 17.5 Å². The molecule has 0 bridgehead atoms. The Labute approximate surface area is 122 Å². The van der Waals surface area contributed by atoms with Crippen molar-refractivity contribution in [1.29, 1.82) is 0 Å². The lowest BCUT2D eigenvalue weighted by atomic mass is 9.94. The molecule has 0 unspecified atom stereocenters. The van der Waals surface area contributed by atoms with Crippen molar-refractivity contribution in [3.8, 4) is 5.75 Å². The molecule has 21 heavy (non-hydrogen) atoms. The number of aromatic hydroxyl groups is 1. The standard InChI is InChI=1S/C18H14O3/c19-16-8-4-2-6-13(16)11-14-10-9-12-5-1-3-7-15(12)17(14)18(20)21/h1-10,19H,11H2,(H,20,21). The van der Waals surface area contributed by atoms with E-state index < -0.39 is 5.97 Å². The molecule has 0 atom stereocenters. The zero-order chi connectivity index (χ0) is 14.8. The number of carbonyl (C=O) groups is 1. The molecule has 0 saturated carbocycles. The molecule has 3 rings (SSSR count). The number of phenolic OH excluding ortho intramolecular Hbond substituents is 1. The molecule has 0 amide bonds. The van der Waals surface area contributed by atoms with Crippen LogP contribution in [0.3, 0.4) is 0 Å². The third-order valence-corrected chi connectivity index (χ3v) is 3.60. The molecular weight excluding hydrogens is 264 g/mol. The van der Waals surface area contributed by atoms with Crippen LogP contribution >= 0.6 is 0 Å². The summed E-state index contributed by atoms with van der Waals surface area (Å²) in [6.07, 6.45) is 0.388. The van der Waals surface area contributed by atoms with Crippen LogP contribution in [0.4, 0.5) is 0 Å². The van der Waals surface area contributed by atoms with E-state index in [0.717, 1.165) is 16.3 Å². The summed E-state index contributed by atoms with van der Waals surface area (Å²) in [5.41, 5.74) is 1.72. The van der Waals surface area contributed by atoms with Gasteiger partial charge in [-0.1, -0.05) is 54.6 Å². The Morgan fingerprint density at radius 1 is 0.857 bits per heavy atom. The number of fused-ring (bicyclic) bond motifs is 1. The van der Waals surface area contributed by atoms with Gasteiger partial charge >= 0.3 is 5.97 Å². The second kappa shape index (κ2) is 5.29. The average molecular weight is 278 g/mol. The maximum absolute atomic E-state index is 11.6. The normalized spacial score (nSPS) is 10.7. The number of carboxylic acid groups (broad SMARTS) is 1. The molecule has 0 radical (unpaired) electrons. The van der Waals surface area contributed by atoms with Gasteiger partial charge in [0.25, 0.3) is 0 Å². The maximum Gasteiger partial charge on any atom is 0.336 e. The smallest absolute Gasteiger partial charge is 0.336 e. The summed E-state index contributed by atoms with van der Waals surface area (Å²) in [5.74, 6) is -0.765. The minimum absolute atomic E-state index is 0.182. The Morgan fingerprint density at radius 3 is 2.33 bits per heavy atom. The highest BCUT2D eigenvalue weighted by atomic mass is 16.4. The molecule has 0 saturated heterocycles. The Kier molecular flexibility index (Phi) is 3.32. The molecular formula is C18H14O3. The first-order valence-electron chi connectivity index (χ1n) is 6.67. The first-order valence-corrected chi connectivity index (χ1v) is 6.67. The molecule has 0 spiro atoms. The van der Waals surface area contributed by atoms with E-state index in [9.17, 15) is 15.0 Å². The van der Waals surface area contributed by atoms with Crippen LogP contribution in [0.25, 0.3) is 10.8 Å². The molecule has 3 aromatic rings. The van der Waals surface area contributed by atoms with Gasteiger partial charge < -0.3 is 10.2 Å². The summed E-state index contributed by atoms with van der Waals surface area (Å²) in [7, 11) is 0. The Morgan fingerprint density at radius 2 is 1.57 bits per heavy atom. The number of hydrogen-bond acceptors (Lipinski definition) is 2. The lowest BCUT2D eigenvalue weighted by molar-refractivity contribution is 0.0698. The highest BCUT2D eigenvalue weighted by Crippen LogP contribution is 2.27. The molecule has 3 aromatic carbocycles. The fourth-order valence-electron chi connectivity index (χ4n) is 2.58. The topological polar surface area (TPSA) is 57.5 Å². The molecule has 3 nitrogen and oxygen atoms in total. The number of carboxylic acids is 1. The number of para-hydroxylation sites is 1. The summed E-state index contributed by atoms with van der Waals surface area (Å²) >= 11 is 0. The van der Waals surface area contributed by atoms with Gasteiger partial charge in [-0.25, -0.2) is 4.79 Å². The van der Waals surface area contributed by atoms with Crippen molar-refractivity contribution >= 4 is 16.7 Å². The zero-order valence-corrected chi connectivity index (χ0v) is 11.3. The molecule has 0 aliphatic rings. The van der Waals surface area contributed by atoms with Gasteiger partial charge in [0.05, 0.1) is 5.56 Å². The average Bonchev–Trinajstić information content (AvgIpc) is 2.49. The van der Waals surface area contributed by atoms with E-state index in [1.165, 1.54) is 0 Å². The second-order valence-electron chi connectivity index (χ2n) is 4.93. The molecule has 3 heteroatoms. The number of hydrogen-bond donors (Lipinski definition) is 2. The minimum Gasteiger partial charge on any atom is -0.508 e. The van der Waals surface area contributed by atoms with E-state index in [1.54, 1.807) is 18.2 Å².